The third kappa shape index (κ3) is 1.47. The second-order valence-corrected chi connectivity index (χ2v) is 5.05. The number of ketones is 2. The lowest BCUT2D eigenvalue weighted by molar-refractivity contribution is -0.110. The van der Waals surface area contributed by atoms with Gasteiger partial charge in [0.05, 0.1) is 5.56 Å². The number of ether oxygens (including phenoxy) is 2. The molecule has 1 saturated heterocycles. The minimum Gasteiger partial charge on any atom is -0.508 e. The Labute approximate surface area is 114 Å². The molecular weight excluding hydrogens is 260 g/mol. The van der Waals surface area contributed by atoms with Crippen molar-refractivity contribution < 1.29 is 24.2 Å². The van der Waals surface area contributed by atoms with Crippen LogP contribution in [0.5, 0.6) is 11.5 Å². The van der Waals surface area contributed by atoms with Gasteiger partial charge >= 0.3 is 0 Å². The number of phenolic OH excluding ortho intramolecular Hbond substituents is 1. The third-order valence-electron chi connectivity index (χ3n) is 3.73. The van der Waals surface area contributed by atoms with Crippen LogP contribution < -0.4 is 4.74 Å². The van der Waals surface area contributed by atoms with Crippen molar-refractivity contribution in [2.24, 2.45) is 0 Å². The maximum atomic E-state index is 12.3. The minimum atomic E-state index is -0.965. The first-order chi connectivity index (χ1) is 9.59. The molecule has 0 bridgehead atoms. The van der Waals surface area contributed by atoms with Crippen LogP contribution in [-0.4, -0.2) is 34.5 Å². The monoisotopic (exact) mass is 270 g/mol. The summed E-state index contributed by atoms with van der Waals surface area (Å²) in [5, 5.41) is 9.56. The highest BCUT2D eigenvalue weighted by molar-refractivity contribution is 6.05. The molecule has 2 atom stereocenters. The first kappa shape index (κ1) is 11.4. The normalized spacial score (nSPS) is 28.6. The largest absolute Gasteiger partial charge is 0.508 e. The van der Waals surface area contributed by atoms with Crippen molar-refractivity contribution in [2.45, 2.75) is 17.8 Å². The highest BCUT2D eigenvalue weighted by Gasteiger charge is 2.60. The van der Waals surface area contributed by atoms with Crippen LogP contribution in [0.1, 0.15) is 10.4 Å². The third-order valence-corrected chi connectivity index (χ3v) is 3.73. The molecule has 0 saturated carbocycles. The molecule has 4 rings (SSSR count). The Kier molecular flexibility index (Phi) is 2.04. The number of fused-ring (bicyclic) bond motifs is 3. The van der Waals surface area contributed by atoms with Crippen molar-refractivity contribution in [3.8, 4) is 11.5 Å². The van der Waals surface area contributed by atoms with Gasteiger partial charge in [-0.3, -0.25) is 9.59 Å². The van der Waals surface area contributed by atoms with E-state index in [0.29, 0.717) is 11.3 Å². The second-order valence-electron chi connectivity index (χ2n) is 5.05. The van der Waals surface area contributed by atoms with Crippen LogP contribution in [0.15, 0.2) is 42.5 Å². The fourth-order valence-corrected chi connectivity index (χ4v) is 2.65. The van der Waals surface area contributed by atoms with Crippen molar-refractivity contribution >= 4 is 11.6 Å². The molecule has 1 spiro atoms. The first-order valence-corrected chi connectivity index (χ1v) is 6.23. The van der Waals surface area contributed by atoms with Gasteiger partial charge in [0.25, 0.3) is 0 Å². The Hall–Kier alpha value is -2.40. The van der Waals surface area contributed by atoms with Gasteiger partial charge in [0, 0.05) is 6.07 Å². The number of Topliss-reactive ketones (excluding diaryl/α,β-unsaturated/α-hetero) is 1. The predicted octanol–water partition coefficient (Wildman–Crippen LogP) is 1.17. The molecule has 1 fully saturated rings. The average molecular weight is 270 g/mol. The standard InChI is InChI=1S/C15H10O5/c16-8-3-5-15(6-4-8)14-13(19-14)12(18)10-2-1-9(17)7-11(10)20-15/h1-7,13-14,17H. The molecular formula is C15H10O5. The molecule has 100 valence electrons. The fourth-order valence-electron chi connectivity index (χ4n) is 2.65. The lowest BCUT2D eigenvalue weighted by Crippen LogP contribution is -2.40. The fraction of sp³-hybridized carbons (Fsp3) is 0.200. The Bertz CT molecular complexity index is 684. The van der Waals surface area contributed by atoms with E-state index < -0.39 is 17.8 Å². The molecule has 1 aliphatic carbocycles. The molecule has 2 heterocycles. The van der Waals surface area contributed by atoms with Crippen LogP contribution in [0, 0.1) is 0 Å². The summed E-state index contributed by atoms with van der Waals surface area (Å²) in [5.74, 6) is 0.0150. The summed E-state index contributed by atoms with van der Waals surface area (Å²) in [4.78, 5) is 23.6. The molecule has 3 aliphatic rings. The van der Waals surface area contributed by atoms with Crippen molar-refractivity contribution in [3.63, 3.8) is 0 Å². The number of hydrogen-bond acceptors (Lipinski definition) is 5. The number of phenols is 1. The smallest absolute Gasteiger partial charge is 0.198 e. The van der Waals surface area contributed by atoms with Crippen molar-refractivity contribution in [2.75, 3.05) is 0 Å². The summed E-state index contributed by atoms with van der Waals surface area (Å²) in [6.07, 6.45) is 5.00. The van der Waals surface area contributed by atoms with Crippen LogP contribution in [0.25, 0.3) is 0 Å². The van der Waals surface area contributed by atoms with Crippen LogP contribution in [-0.2, 0) is 9.53 Å². The van der Waals surface area contributed by atoms with E-state index in [0.717, 1.165) is 0 Å². The predicted molar refractivity (Wildman–Crippen MR) is 67.7 cm³/mol. The average Bonchev–Trinajstić information content (AvgIpc) is 3.22. The van der Waals surface area contributed by atoms with Gasteiger partial charge in [0.15, 0.2) is 23.3 Å². The molecule has 0 amide bonds. The number of hydrogen-bond donors (Lipinski definition) is 1. The summed E-state index contributed by atoms with van der Waals surface area (Å²) in [6.45, 7) is 0. The molecule has 1 N–H and O–H groups in total. The Morgan fingerprint density at radius 2 is 1.90 bits per heavy atom. The van der Waals surface area contributed by atoms with Crippen molar-refractivity contribution in [1.29, 1.82) is 0 Å². The number of allylic oxidation sites excluding steroid dienone is 2. The number of rotatable bonds is 0. The zero-order chi connectivity index (χ0) is 13.9. The van der Waals surface area contributed by atoms with Crippen LogP contribution in [0.2, 0.25) is 0 Å². The van der Waals surface area contributed by atoms with Crippen LogP contribution in [0.4, 0.5) is 0 Å². The topological polar surface area (TPSA) is 76.1 Å². The van der Waals surface area contributed by atoms with Crippen LogP contribution in [0.3, 0.4) is 0 Å². The quantitative estimate of drug-likeness (QED) is 0.716. The van der Waals surface area contributed by atoms with Gasteiger partial charge < -0.3 is 14.6 Å². The molecule has 5 heteroatoms. The molecule has 5 nitrogen and oxygen atoms in total. The van der Waals surface area contributed by atoms with E-state index in [1.807, 2.05) is 0 Å². The molecule has 2 aliphatic heterocycles. The van der Waals surface area contributed by atoms with Crippen LogP contribution >= 0.6 is 0 Å². The molecule has 2 unspecified atom stereocenters. The van der Waals surface area contributed by atoms with E-state index in [1.165, 1.54) is 30.4 Å². The van der Waals surface area contributed by atoms with Crippen molar-refractivity contribution in [3.05, 3.63) is 48.1 Å². The van der Waals surface area contributed by atoms with Gasteiger partial charge in [-0.15, -0.1) is 0 Å². The second kappa shape index (κ2) is 3.58. The summed E-state index contributed by atoms with van der Waals surface area (Å²) >= 11 is 0. The zero-order valence-electron chi connectivity index (χ0n) is 10.3. The van der Waals surface area contributed by atoms with Gasteiger partial charge in [0.1, 0.15) is 17.6 Å². The first-order valence-electron chi connectivity index (χ1n) is 6.23. The Morgan fingerprint density at radius 1 is 1.15 bits per heavy atom. The van der Waals surface area contributed by atoms with Gasteiger partial charge in [-0.2, -0.15) is 0 Å². The summed E-state index contributed by atoms with van der Waals surface area (Å²) in [6, 6.07) is 4.36. The summed E-state index contributed by atoms with van der Waals surface area (Å²) in [7, 11) is 0. The van der Waals surface area contributed by atoms with Gasteiger partial charge in [-0.25, -0.2) is 0 Å². The van der Waals surface area contributed by atoms with E-state index in [2.05, 4.69) is 0 Å². The number of carbonyl (C=O) groups excluding carboxylic acids is 2. The highest BCUT2D eigenvalue weighted by atomic mass is 16.6. The molecule has 0 aromatic heterocycles. The van der Waals surface area contributed by atoms with E-state index >= 15 is 0 Å². The number of aromatic hydroxyl groups is 1. The molecule has 1 aromatic carbocycles. The highest BCUT2D eigenvalue weighted by Crippen LogP contribution is 2.45. The molecule has 1 aromatic rings. The van der Waals surface area contributed by atoms with E-state index in [4.69, 9.17) is 9.47 Å². The molecule has 0 radical (unpaired) electrons. The lowest BCUT2D eigenvalue weighted by atomic mass is 9.91. The van der Waals surface area contributed by atoms with E-state index in [9.17, 15) is 14.7 Å². The number of benzene rings is 1. The van der Waals surface area contributed by atoms with Gasteiger partial charge in [-0.1, -0.05) is 0 Å². The lowest BCUT2D eigenvalue weighted by Gasteiger charge is -2.28. The maximum Gasteiger partial charge on any atom is 0.198 e. The van der Waals surface area contributed by atoms with E-state index in [-0.39, 0.29) is 17.3 Å². The van der Waals surface area contributed by atoms with Gasteiger partial charge in [-0.05, 0) is 36.4 Å². The Morgan fingerprint density at radius 3 is 2.65 bits per heavy atom. The molecule has 20 heavy (non-hydrogen) atoms. The van der Waals surface area contributed by atoms with Gasteiger partial charge in [0.2, 0.25) is 0 Å². The van der Waals surface area contributed by atoms with Crippen molar-refractivity contribution in [1.82, 2.24) is 0 Å². The Balaban J connectivity index is 1.86. The minimum absolute atomic E-state index is 0.0167. The maximum absolute atomic E-state index is 12.3. The summed E-state index contributed by atoms with van der Waals surface area (Å²) in [5.41, 5.74) is -0.585. The number of carbonyl (C=O) groups is 2. The van der Waals surface area contributed by atoms with E-state index in [1.54, 1.807) is 12.2 Å². The number of epoxide rings is 1. The zero-order valence-corrected chi connectivity index (χ0v) is 10.3. The SMILES string of the molecule is O=C1C=CC2(C=C1)Oc1cc(O)ccc1C(=O)C1OC12. The summed E-state index contributed by atoms with van der Waals surface area (Å²) < 4.78 is 11.3.